The highest BCUT2D eigenvalue weighted by molar-refractivity contribution is 7.77. The standard InChI is InChI=1S/C26H49NP2/c27-21-26(28(22-13-5-1-6-14-22)23-15-7-2-8-16-23)29(24-17-9-3-10-18-24)25-19-11-4-12-20-25/h22-26H,1-21,27H2. The van der Waals surface area contributed by atoms with Crippen molar-refractivity contribution < 1.29 is 0 Å². The van der Waals surface area contributed by atoms with Gasteiger partial charge in [0.15, 0.2) is 0 Å². The van der Waals surface area contributed by atoms with E-state index in [1.165, 1.54) is 77.0 Å². The van der Waals surface area contributed by atoms with Crippen molar-refractivity contribution in [2.75, 3.05) is 6.54 Å². The van der Waals surface area contributed by atoms with Crippen LogP contribution in [0.2, 0.25) is 0 Å². The van der Waals surface area contributed by atoms with Crippen LogP contribution >= 0.6 is 15.8 Å². The van der Waals surface area contributed by atoms with Crippen molar-refractivity contribution in [2.24, 2.45) is 5.73 Å². The Kier molecular flexibility index (Phi) is 9.65. The van der Waals surface area contributed by atoms with Crippen LogP contribution in [0.5, 0.6) is 0 Å². The van der Waals surface area contributed by atoms with E-state index in [2.05, 4.69) is 0 Å². The summed E-state index contributed by atoms with van der Waals surface area (Å²) in [6, 6.07) is 0. The maximum absolute atomic E-state index is 6.83. The Morgan fingerprint density at radius 2 is 0.690 bits per heavy atom. The number of hydrogen-bond donors (Lipinski definition) is 1. The summed E-state index contributed by atoms with van der Waals surface area (Å²) in [5, 5.41) is 0.970. The molecule has 0 aromatic carbocycles. The van der Waals surface area contributed by atoms with Crippen molar-refractivity contribution in [3.8, 4) is 0 Å². The van der Waals surface area contributed by atoms with Crippen LogP contribution in [0.3, 0.4) is 0 Å². The van der Waals surface area contributed by atoms with Crippen molar-refractivity contribution in [3.05, 3.63) is 0 Å². The second-order valence-electron chi connectivity index (χ2n) is 10.8. The molecule has 0 radical (unpaired) electrons. The summed E-state index contributed by atoms with van der Waals surface area (Å²) in [6.45, 7) is 1.05. The summed E-state index contributed by atoms with van der Waals surface area (Å²) >= 11 is 0. The van der Waals surface area contributed by atoms with Crippen LogP contribution in [0.15, 0.2) is 0 Å². The van der Waals surface area contributed by atoms with Gasteiger partial charge in [0.05, 0.1) is 0 Å². The Bertz CT molecular complexity index is 370. The van der Waals surface area contributed by atoms with E-state index in [9.17, 15) is 0 Å². The Balaban J connectivity index is 1.60. The van der Waals surface area contributed by atoms with Gasteiger partial charge in [0.2, 0.25) is 0 Å². The van der Waals surface area contributed by atoms with Crippen LogP contribution in [0, 0.1) is 0 Å². The minimum atomic E-state index is 0.154. The van der Waals surface area contributed by atoms with E-state index >= 15 is 0 Å². The predicted molar refractivity (Wildman–Crippen MR) is 134 cm³/mol. The Labute approximate surface area is 184 Å². The van der Waals surface area contributed by atoms with E-state index in [1.54, 1.807) is 51.4 Å². The Morgan fingerprint density at radius 3 is 0.897 bits per heavy atom. The van der Waals surface area contributed by atoms with E-state index in [0.29, 0.717) is 0 Å². The van der Waals surface area contributed by atoms with Crippen LogP contribution < -0.4 is 5.73 Å². The second-order valence-corrected chi connectivity index (χ2v) is 17.1. The van der Waals surface area contributed by atoms with Gasteiger partial charge in [-0.1, -0.05) is 92.9 Å². The average Bonchev–Trinajstić information content (AvgIpc) is 2.81. The summed E-state index contributed by atoms with van der Waals surface area (Å²) in [4.78, 5) is 0. The SMILES string of the molecule is NCC(P(C1CCCCC1)C1CCCCC1)P(C1CCCCC1)C1CCCCC1. The zero-order valence-electron chi connectivity index (χ0n) is 19.2. The molecular formula is C26H49NP2. The molecule has 0 saturated heterocycles. The van der Waals surface area contributed by atoms with E-state index in [4.69, 9.17) is 5.73 Å². The van der Waals surface area contributed by atoms with Gasteiger partial charge < -0.3 is 5.73 Å². The first-order chi connectivity index (χ1) is 14.4. The normalized spacial score (nSPS) is 27.3. The fourth-order valence-corrected chi connectivity index (χ4v) is 18.5. The number of hydrogen-bond acceptors (Lipinski definition) is 1. The maximum atomic E-state index is 6.83. The first kappa shape index (κ1) is 23.0. The van der Waals surface area contributed by atoms with Gasteiger partial charge >= 0.3 is 0 Å². The van der Waals surface area contributed by atoms with Crippen LogP contribution in [-0.4, -0.2) is 34.6 Å². The van der Waals surface area contributed by atoms with Crippen LogP contribution in [0.25, 0.3) is 0 Å². The maximum Gasteiger partial charge on any atom is 0.0127 e. The van der Waals surface area contributed by atoms with Gasteiger partial charge in [-0.25, -0.2) is 0 Å². The molecule has 0 unspecified atom stereocenters. The molecule has 168 valence electrons. The molecule has 2 N–H and O–H groups in total. The van der Waals surface area contributed by atoms with Crippen LogP contribution in [0.1, 0.15) is 128 Å². The van der Waals surface area contributed by atoms with Gasteiger partial charge in [0, 0.05) is 11.9 Å². The van der Waals surface area contributed by atoms with E-state index in [0.717, 1.165) is 34.6 Å². The third-order valence-corrected chi connectivity index (χ3v) is 17.7. The molecule has 0 aliphatic heterocycles. The Hall–Kier alpha value is 0.820. The minimum absolute atomic E-state index is 0.154. The van der Waals surface area contributed by atoms with E-state index in [-0.39, 0.29) is 15.8 Å². The minimum Gasteiger partial charge on any atom is -0.329 e. The lowest BCUT2D eigenvalue weighted by Gasteiger charge is -2.50. The molecule has 4 saturated carbocycles. The fourth-order valence-electron chi connectivity index (χ4n) is 7.48. The van der Waals surface area contributed by atoms with Gasteiger partial charge in [0.1, 0.15) is 0 Å². The largest absolute Gasteiger partial charge is 0.329 e. The molecule has 4 rings (SSSR count). The molecule has 0 amide bonds. The molecule has 4 aliphatic rings. The van der Waals surface area contributed by atoms with Crippen LogP contribution in [0.4, 0.5) is 0 Å². The third-order valence-electron chi connectivity index (χ3n) is 8.88. The highest BCUT2D eigenvalue weighted by Crippen LogP contribution is 2.72. The first-order valence-electron chi connectivity index (χ1n) is 13.6. The molecule has 4 fully saturated rings. The monoisotopic (exact) mass is 437 g/mol. The summed E-state index contributed by atoms with van der Waals surface area (Å²) in [5.74, 6) is 0. The number of rotatable bonds is 7. The van der Waals surface area contributed by atoms with Crippen molar-refractivity contribution >= 4 is 15.8 Å². The van der Waals surface area contributed by atoms with Crippen molar-refractivity contribution in [2.45, 2.75) is 156 Å². The molecule has 0 atom stereocenters. The lowest BCUT2D eigenvalue weighted by molar-refractivity contribution is 0.477. The first-order valence-corrected chi connectivity index (χ1v) is 16.7. The summed E-state index contributed by atoms with van der Waals surface area (Å²) in [7, 11) is 0.309. The molecule has 29 heavy (non-hydrogen) atoms. The zero-order valence-corrected chi connectivity index (χ0v) is 21.0. The molecule has 0 spiro atoms. The lowest BCUT2D eigenvalue weighted by Crippen LogP contribution is -2.35. The summed E-state index contributed by atoms with van der Waals surface area (Å²) < 4.78 is 0. The summed E-state index contributed by atoms with van der Waals surface area (Å²) in [5.41, 5.74) is 11.2. The predicted octanol–water partition coefficient (Wildman–Crippen LogP) is 8.57. The van der Waals surface area contributed by atoms with Crippen molar-refractivity contribution in [1.82, 2.24) is 0 Å². The van der Waals surface area contributed by atoms with Gasteiger partial charge in [-0.3, -0.25) is 0 Å². The molecule has 1 nitrogen and oxygen atoms in total. The van der Waals surface area contributed by atoms with Gasteiger partial charge in [-0.2, -0.15) is 0 Å². The molecule has 0 aromatic rings. The second kappa shape index (κ2) is 12.2. The van der Waals surface area contributed by atoms with Crippen molar-refractivity contribution in [3.63, 3.8) is 0 Å². The van der Waals surface area contributed by atoms with Gasteiger partial charge in [0.25, 0.3) is 0 Å². The quantitative estimate of drug-likeness (QED) is 0.397. The smallest absolute Gasteiger partial charge is 0.0127 e. The molecule has 0 aromatic heterocycles. The van der Waals surface area contributed by atoms with Crippen molar-refractivity contribution in [1.29, 1.82) is 0 Å². The molecule has 3 heteroatoms. The Morgan fingerprint density at radius 1 is 0.448 bits per heavy atom. The average molecular weight is 438 g/mol. The molecule has 0 heterocycles. The molecule has 4 aliphatic carbocycles. The topological polar surface area (TPSA) is 26.0 Å². The van der Waals surface area contributed by atoms with Gasteiger partial charge in [-0.05, 0) is 74.0 Å². The summed E-state index contributed by atoms with van der Waals surface area (Å²) in [6.07, 6.45) is 30.8. The third kappa shape index (κ3) is 5.99. The highest BCUT2D eigenvalue weighted by Gasteiger charge is 2.44. The van der Waals surface area contributed by atoms with Crippen LogP contribution in [-0.2, 0) is 0 Å². The van der Waals surface area contributed by atoms with E-state index in [1.807, 2.05) is 0 Å². The fraction of sp³-hybridized carbons (Fsp3) is 1.00. The molecular weight excluding hydrogens is 388 g/mol. The lowest BCUT2D eigenvalue weighted by atomic mass is 9.99. The number of nitrogens with two attached hydrogens (primary N) is 1. The van der Waals surface area contributed by atoms with Gasteiger partial charge in [-0.15, -0.1) is 0 Å². The molecule has 0 bridgehead atoms. The van der Waals surface area contributed by atoms with E-state index < -0.39 is 0 Å². The highest BCUT2D eigenvalue weighted by atomic mass is 31.2. The zero-order chi connectivity index (χ0) is 19.9.